The summed E-state index contributed by atoms with van der Waals surface area (Å²) in [5.74, 6) is 1.38. The van der Waals surface area contributed by atoms with Crippen LogP contribution in [0.3, 0.4) is 0 Å². The van der Waals surface area contributed by atoms with Crippen LogP contribution in [-0.2, 0) is 20.5 Å². The van der Waals surface area contributed by atoms with Gasteiger partial charge in [-0.25, -0.2) is 9.59 Å². The van der Waals surface area contributed by atoms with Crippen LogP contribution >= 0.6 is 0 Å². The molecule has 2 saturated heterocycles. The number of carbonyl (C=O) groups is 2. The number of carboxylic acid groups (broad SMARTS) is 1. The molecule has 2 N–H and O–H groups in total. The number of ether oxygens (including phenoxy) is 1. The second-order valence-electron chi connectivity index (χ2n) is 12.0. The Morgan fingerprint density at radius 2 is 2.00 bits per heavy atom. The minimum Gasteiger partial charge on any atom is -0.465 e. The van der Waals surface area contributed by atoms with Gasteiger partial charge in [-0.3, -0.25) is 0 Å². The first kappa shape index (κ1) is 23.2. The second kappa shape index (κ2) is 8.13. The zero-order chi connectivity index (χ0) is 24.5. The van der Waals surface area contributed by atoms with Gasteiger partial charge in [0.2, 0.25) is 0 Å². The fourth-order valence-corrected chi connectivity index (χ4v) is 7.51. The fourth-order valence-electron chi connectivity index (χ4n) is 7.51. The maximum Gasteiger partial charge on any atom is 0.482 e. The molecule has 8 nitrogen and oxygen atoms in total. The molecule has 9 heteroatoms. The molecule has 0 aromatic heterocycles. The number of fused-ring (bicyclic) bond motifs is 1. The molecule has 6 fully saturated rings. The number of nitrogens with zero attached hydrogens (tertiary/aromatic N) is 1. The Bertz CT molecular complexity index is 1010. The third-order valence-electron chi connectivity index (χ3n) is 9.83. The minimum atomic E-state index is -0.946. The summed E-state index contributed by atoms with van der Waals surface area (Å²) in [6, 6.07) is 9.72. The maximum absolute atomic E-state index is 12.9. The molecule has 1 aromatic carbocycles. The van der Waals surface area contributed by atoms with E-state index in [-0.39, 0.29) is 29.8 Å². The van der Waals surface area contributed by atoms with Gasteiger partial charge in [0.15, 0.2) is 0 Å². The molecule has 188 valence electrons. The molecule has 6 aliphatic rings. The van der Waals surface area contributed by atoms with Crippen molar-refractivity contribution in [2.75, 3.05) is 13.2 Å². The third-order valence-corrected chi connectivity index (χ3v) is 9.83. The van der Waals surface area contributed by atoms with Gasteiger partial charge in [-0.15, -0.1) is 0 Å². The molecule has 2 heterocycles. The highest BCUT2D eigenvalue weighted by molar-refractivity contribution is 6.47. The van der Waals surface area contributed by atoms with Crippen molar-refractivity contribution in [1.82, 2.24) is 10.2 Å². The molecule has 2 aliphatic heterocycles. The zero-order valence-electron chi connectivity index (χ0n) is 20.7. The lowest BCUT2D eigenvalue weighted by atomic mass is 9.43. The Morgan fingerprint density at radius 1 is 1.23 bits per heavy atom. The van der Waals surface area contributed by atoms with E-state index in [4.69, 9.17) is 14.0 Å². The molecule has 8 atom stereocenters. The lowest BCUT2D eigenvalue weighted by Crippen LogP contribution is -2.65. The first-order valence-corrected chi connectivity index (χ1v) is 13.0. The summed E-state index contributed by atoms with van der Waals surface area (Å²) >= 11 is 0. The lowest BCUT2D eigenvalue weighted by molar-refractivity contribution is -0.199. The molecule has 1 aromatic rings. The van der Waals surface area contributed by atoms with Gasteiger partial charge in [-0.05, 0) is 67.3 Å². The van der Waals surface area contributed by atoms with Crippen molar-refractivity contribution in [2.45, 2.75) is 70.1 Å². The van der Waals surface area contributed by atoms with Crippen LogP contribution in [0.1, 0.15) is 45.6 Å². The molecule has 2 amide bonds. The molecule has 4 aliphatic carbocycles. The number of piperidine rings is 1. The van der Waals surface area contributed by atoms with Crippen LogP contribution in [0.15, 0.2) is 30.3 Å². The molecular formula is C26H35BN2O6. The summed E-state index contributed by atoms with van der Waals surface area (Å²) < 4.78 is 18.7. The highest BCUT2D eigenvalue weighted by Gasteiger charge is 2.68. The lowest BCUT2D eigenvalue weighted by Gasteiger charge is -2.64. The Hall–Kier alpha value is -2.26. The molecular weight excluding hydrogens is 447 g/mol. The Balaban J connectivity index is 1.14. The number of benzene rings is 1. The van der Waals surface area contributed by atoms with Crippen LogP contribution < -0.4 is 5.32 Å². The van der Waals surface area contributed by atoms with Gasteiger partial charge in [0.1, 0.15) is 6.61 Å². The number of nitrogens with one attached hydrogen (secondary N) is 1. The van der Waals surface area contributed by atoms with Crippen LogP contribution in [0.5, 0.6) is 0 Å². The van der Waals surface area contributed by atoms with Gasteiger partial charge in [0, 0.05) is 6.54 Å². The number of hydrogen-bond acceptors (Lipinski definition) is 5. The standard InChI is InChI=1S/C26H35BN2O6/c1-25(2)17-11-20(25)26(3)21(12-17)34-27(35-26)22(9-15-7-5-4-6-8-15)28-23(30)33-14-19-18-10-16(18)13-29(19)24(31)32/h4-8,16-22H,9-14H2,1-3H3,(H,28,30)(H,31,32)/t16-,17+,18-,19-,20+,21-,22?,26+/m1/s1. The van der Waals surface area contributed by atoms with E-state index in [0.29, 0.717) is 36.6 Å². The van der Waals surface area contributed by atoms with E-state index in [1.807, 2.05) is 30.3 Å². The molecule has 0 spiro atoms. The quantitative estimate of drug-likeness (QED) is 0.602. The van der Waals surface area contributed by atoms with Crippen LogP contribution in [0.2, 0.25) is 0 Å². The Morgan fingerprint density at radius 3 is 2.71 bits per heavy atom. The van der Waals surface area contributed by atoms with Gasteiger partial charge < -0.3 is 29.4 Å². The van der Waals surface area contributed by atoms with Crippen molar-refractivity contribution in [3.8, 4) is 0 Å². The Labute approximate surface area is 206 Å². The van der Waals surface area contributed by atoms with Gasteiger partial charge in [0.05, 0.1) is 23.7 Å². The van der Waals surface area contributed by atoms with E-state index in [2.05, 4.69) is 26.1 Å². The van der Waals surface area contributed by atoms with E-state index < -0.39 is 25.2 Å². The number of rotatable bonds is 6. The van der Waals surface area contributed by atoms with E-state index in [1.165, 1.54) is 11.3 Å². The SMILES string of the molecule is CC1(C)[C@@H]2C[C@H]3OB(C(Cc4ccccc4)NC(=O)OC[C@@H]4[C@@H]5C[C@@H]5CN4C(=O)O)O[C@@]3(C)[C@H]1C2. The summed E-state index contributed by atoms with van der Waals surface area (Å²) in [6.45, 7) is 7.43. The van der Waals surface area contributed by atoms with Gasteiger partial charge in [0.25, 0.3) is 0 Å². The highest BCUT2D eigenvalue weighted by atomic mass is 16.7. The highest BCUT2D eigenvalue weighted by Crippen LogP contribution is 2.65. The molecule has 1 unspecified atom stereocenters. The maximum atomic E-state index is 12.9. The number of hydrogen-bond donors (Lipinski definition) is 2. The predicted octanol–water partition coefficient (Wildman–Crippen LogP) is 3.59. The van der Waals surface area contributed by atoms with E-state index in [1.54, 1.807) is 0 Å². The van der Waals surface area contributed by atoms with Crippen molar-refractivity contribution >= 4 is 19.3 Å². The van der Waals surface area contributed by atoms with Crippen molar-refractivity contribution < 1.29 is 28.7 Å². The summed E-state index contributed by atoms with van der Waals surface area (Å²) in [7, 11) is -0.567. The predicted molar refractivity (Wildman–Crippen MR) is 129 cm³/mol. The zero-order valence-corrected chi connectivity index (χ0v) is 20.7. The summed E-state index contributed by atoms with van der Waals surface area (Å²) in [6.07, 6.45) is 2.23. The smallest absolute Gasteiger partial charge is 0.465 e. The molecule has 4 saturated carbocycles. The normalized spacial score (nSPS) is 38.7. The largest absolute Gasteiger partial charge is 0.482 e. The molecule has 0 radical (unpaired) electrons. The summed E-state index contributed by atoms with van der Waals surface area (Å²) in [5.41, 5.74) is 0.947. The van der Waals surface area contributed by atoms with E-state index in [0.717, 1.165) is 18.4 Å². The summed E-state index contributed by atoms with van der Waals surface area (Å²) in [4.78, 5) is 25.9. The van der Waals surface area contributed by atoms with E-state index in [9.17, 15) is 14.7 Å². The topological polar surface area (TPSA) is 97.3 Å². The van der Waals surface area contributed by atoms with Crippen molar-refractivity contribution in [3.63, 3.8) is 0 Å². The molecule has 7 rings (SSSR count). The van der Waals surface area contributed by atoms with Crippen molar-refractivity contribution in [3.05, 3.63) is 35.9 Å². The van der Waals surface area contributed by atoms with Gasteiger partial charge >= 0.3 is 19.3 Å². The van der Waals surface area contributed by atoms with Crippen molar-refractivity contribution in [2.24, 2.45) is 29.1 Å². The van der Waals surface area contributed by atoms with E-state index >= 15 is 0 Å². The first-order valence-electron chi connectivity index (χ1n) is 13.0. The van der Waals surface area contributed by atoms with Gasteiger partial charge in [-0.2, -0.15) is 0 Å². The fraction of sp³-hybridized carbons (Fsp3) is 0.692. The number of amides is 2. The monoisotopic (exact) mass is 482 g/mol. The Kier molecular flexibility index (Phi) is 5.38. The average Bonchev–Trinajstić information content (AvgIpc) is 3.34. The minimum absolute atomic E-state index is 0.0229. The van der Waals surface area contributed by atoms with Crippen LogP contribution in [0.25, 0.3) is 0 Å². The first-order chi connectivity index (χ1) is 16.7. The second-order valence-corrected chi connectivity index (χ2v) is 12.0. The number of likely N-dealkylation sites (tertiary alicyclic amines) is 1. The van der Waals surface area contributed by atoms with Crippen LogP contribution in [-0.4, -0.2) is 66.2 Å². The van der Waals surface area contributed by atoms with Gasteiger partial charge in [-0.1, -0.05) is 44.2 Å². The van der Waals surface area contributed by atoms with Crippen LogP contribution in [0.4, 0.5) is 9.59 Å². The van der Waals surface area contributed by atoms with Crippen LogP contribution in [0, 0.1) is 29.1 Å². The molecule has 2 bridgehead atoms. The van der Waals surface area contributed by atoms with Crippen molar-refractivity contribution in [1.29, 1.82) is 0 Å². The summed E-state index contributed by atoms with van der Waals surface area (Å²) in [5, 5.41) is 12.5. The third kappa shape index (κ3) is 3.82. The average molecular weight is 482 g/mol. The number of alkyl carbamates (subject to hydrolysis) is 1. The molecule has 35 heavy (non-hydrogen) atoms. The number of carbonyl (C=O) groups excluding carboxylic acids is 1.